The molecule has 0 radical (unpaired) electrons. The first-order chi connectivity index (χ1) is 13.1. The van der Waals surface area contributed by atoms with Crippen LogP contribution in [0.1, 0.15) is 16.7 Å². The molecule has 0 aliphatic rings. The maximum absolute atomic E-state index is 13.7. The second kappa shape index (κ2) is 8.81. The Kier molecular flexibility index (Phi) is 6.71. The molecule has 0 saturated heterocycles. The average Bonchev–Trinajstić information content (AvgIpc) is 2.62. The molecule has 150 valence electrons. The third kappa shape index (κ3) is 5.77. The fourth-order valence-corrected chi connectivity index (χ4v) is 2.53. The first-order valence-electron chi connectivity index (χ1n) is 8.07. The second-order valence-electron chi connectivity index (χ2n) is 5.96. The number of ether oxygens (including phenoxy) is 1. The molecule has 2 aromatic carbocycles. The van der Waals surface area contributed by atoms with Crippen molar-refractivity contribution in [2.75, 3.05) is 7.11 Å². The van der Waals surface area contributed by atoms with Gasteiger partial charge in [0.25, 0.3) is 0 Å². The summed E-state index contributed by atoms with van der Waals surface area (Å²) in [5.74, 6) is -3.38. The number of benzene rings is 2. The Morgan fingerprint density at radius 3 is 2.43 bits per heavy atom. The third-order valence-corrected chi connectivity index (χ3v) is 3.88. The highest BCUT2D eigenvalue weighted by Crippen LogP contribution is 2.29. The van der Waals surface area contributed by atoms with Gasteiger partial charge < -0.3 is 10.1 Å². The van der Waals surface area contributed by atoms with Crippen molar-refractivity contribution in [3.63, 3.8) is 0 Å². The van der Waals surface area contributed by atoms with Crippen LogP contribution in [-0.4, -0.2) is 25.0 Å². The lowest BCUT2D eigenvalue weighted by Gasteiger charge is -2.17. The molecule has 2 aromatic rings. The van der Waals surface area contributed by atoms with Crippen molar-refractivity contribution in [3.05, 3.63) is 70.8 Å². The molecule has 4 nitrogen and oxygen atoms in total. The lowest BCUT2D eigenvalue weighted by Crippen LogP contribution is -2.43. The molecule has 0 saturated carbocycles. The third-order valence-electron chi connectivity index (χ3n) is 3.88. The van der Waals surface area contributed by atoms with Crippen molar-refractivity contribution >= 4 is 11.9 Å². The summed E-state index contributed by atoms with van der Waals surface area (Å²) in [7, 11) is 1.06. The number of methoxy groups -OCH3 is 1. The van der Waals surface area contributed by atoms with Crippen LogP contribution in [0.4, 0.5) is 22.0 Å². The minimum absolute atomic E-state index is 0.0958. The first-order valence-corrected chi connectivity index (χ1v) is 8.07. The summed E-state index contributed by atoms with van der Waals surface area (Å²) in [5, 5.41) is 2.31. The molecule has 1 N–H and O–H groups in total. The van der Waals surface area contributed by atoms with E-state index in [0.29, 0.717) is 6.07 Å². The quantitative estimate of drug-likeness (QED) is 0.596. The van der Waals surface area contributed by atoms with E-state index in [1.54, 1.807) is 0 Å². The Labute approximate surface area is 157 Å². The van der Waals surface area contributed by atoms with Gasteiger partial charge >= 0.3 is 12.1 Å². The van der Waals surface area contributed by atoms with Crippen molar-refractivity contribution in [2.24, 2.45) is 0 Å². The number of carbonyl (C=O) groups is 2. The van der Waals surface area contributed by atoms with E-state index in [-0.39, 0.29) is 17.5 Å². The Morgan fingerprint density at radius 1 is 1.11 bits per heavy atom. The Morgan fingerprint density at radius 2 is 1.82 bits per heavy atom. The van der Waals surface area contributed by atoms with Crippen molar-refractivity contribution in [1.29, 1.82) is 0 Å². The molecule has 1 amide bonds. The smallest absolute Gasteiger partial charge is 0.416 e. The maximum Gasteiger partial charge on any atom is 0.416 e. The van der Waals surface area contributed by atoms with E-state index in [1.165, 1.54) is 12.1 Å². The summed E-state index contributed by atoms with van der Waals surface area (Å²) in [4.78, 5) is 24.1. The van der Waals surface area contributed by atoms with Crippen LogP contribution in [0, 0.1) is 11.6 Å². The Hall–Kier alpha value is -2.97. The highest BCUT2D eigenvalue weighted by atomic mass is 19.4. The summed E-state index contributed by atoms with van der Waals surface area (Å²) in [5.41, 5.74) is -0.839. The molecule has 0 heterocycles. The molecule has 0 unspecified atom stereocenters. The summed E-state index contributed by atoms with van der Waals surface area (Å²) in [6.07, 6.45) is -5.30. The van der Waals surface area contributed by atoms with Gasteiger partial charge in [-0.2, -0.15) is 13.2 Å². The number of nitrogens with one attached hydrogen (secondary N) is 1. The zero-order valence-electron chi connectivity index (χ0n) is 14.6. The SMILES string of the molecule is COC(=O)[C@H](Cc1cccc(C(F)(F)F)c1)NC(=O)Cc1ccc(F)cc1F. The van der Waals surface area contributed by atoms with Crippen molar-refractivity contribution < 1.29 is 36.3 Å². The van der Waals surface area contributed by atoms with Gasteiger partial charge in [-0.3, -0.25) is 4.79 Å². The molecule has 9 heteroatoms. The van der Waals surface area contributed by atoms with Crippen molar-refractivity contribution in [1.82, 2.24) is 5.32 Å². The summed E-state index contributed by atoms with van der Waals surface area (Å²) >= 11 is 0. The zero-order valence-corrected chi connectivity index (χ0v) is 14.6. The standard InChI is InChI=1S/C19H16F5NO3/c1-28-18(27)16(8-11-3-2-4-13(7-11)19(22,23)24)25-17(26)9-12-5-6-14(20)10-15(12)21/h2-7,10,16H,8-9H2,1H3,(H,25,26)/t16-/m0/s1. The number of halogens is 5. The monoisotopic (exact) mass is 401 g/mol. The van der Waals surface area contributed by atoms with Gasteiger partial charge in [-0.1, -0.05) is 24.3 Å². The van der Waals surface area contributed by atoms with Crippen LogP contribution in [0.3, 0.4) is 0 Å². The van der Waals surface area contributed by atoms with Crippen LogP contribution < -0.4 is 5.32 Å². The molecule has 28 heavy (non-hydrogen) atoms. The van der Waals surface area contributed by atoms with E-state index in [0.717, 1.165) is 31.4 Å². The minimum Gasteiger partial charge on any atom is -0.467 e. The molecule has 0 aromatic heterocycles. The topological polar surface area (TPSA) is 55.4 Å². The highest BCUT2D eigenvalue weighted by Gasteiger charge is 2.31. The van der Waals surface area contributed by atoms with Crippen LogP contribution in [0.15, 0.2) is 42.5 Å². The average molecular weight is 401 g/mol. The van der Waals surface area contributed by atoms with Gasteiger partial charge in [0.05, 0.1) is 19.1 Å². The van der Waals surface area contributed by atoms with Gasteiger partial charge in [0.2, 0.25) is 5.91 Å². The molecule has 2 rings (SSSR count). The molecule has 0 bridgehead atoms. The minimum atomic E-state index is -4.56. The number of alkyl halides is 3. The molecule has 1 atom stereocenters. The molecular formula is C19H16F5NO3. The second-order valence-corrected chi connectivity index (χ2v) is 5.96. The largest absolute Gasteiger partial charge is 0.467 e. The zero-order chi connectivity index (χ0) is 20.9. The summed E-state index contributed by atoms with van der Waals surface area (Å²) in [6, 6.07) is 5.71. The van der Waals surface area contributed by atoms with Gasteiger partial charge in [0, 0.05) is 12.5 Å². The van der Waals surface area contributed by atoms with Crippen LogP contribution in [0.5, 0.6) is 0 Å². The van der Waals surface area contributed by atoms with Gasteiger partial charge in [-0.15, -0.1) is 0 Å². The van der Waals surface area contributed by atoms with Crippen molar-refractivity contribution in [3.8, 4) is 0 Å². The van der Waals surface area contributed by atoms with Crippen LogP contribution in [0.25, 0.3) is 0 Å². The Bertz CT molecular complexity index is 867. The lowest BCUT2D eigenvalue weighted by molar-refractivity contribution is -0.145. The van der Waals surface area contributed by atoms with Gasteiger partial charge in [-0.25, -0.2) is 13.6 Å². The number of rotatable bonds is 6. The highest BCUT2D eigenvalue weighted by molar-refractivity contribution is 5.85. The molecule has 0 aliphatic carbocycles. The van der Waals surface area contributed by atoms with Crippen LogP contribution in [0.2, 0.25) is 0 Å². The fourth-order valence-electron chi connectivity index (χ4n) is 2.53. The van der Waals surface area contributed by atoms with E-state index in [9.17, 15) is 31.5 Å². The number of carbonyl (C=O) groups excluding carboxylic acids is 2. The van der Waals surface area contributed by atoms with E-state index in [4.69, 9.17) is 0 Å². The Balaban J connectivity index is 2.13. The lowest BCUT2D eigenvalue weighted by atomic mass is 10.0. The summed E-state index contributed by atoms with van der Waals surface area (Å²) < 4.78 is 69.6. The predicted molar refractivity (Wildman–Crippen MR) is 89.2 cm³/mol. The van der Waals surface area contributed by atoms with E-state index in [1.807, 2.05) is 0 Å². The maximum atomic E-state index is 13.7. The van der Waals surface area contributed by atoms with Crippen LogP contribution in [-0.2, 0) is 33.3 Å². The molecular weight excluding hydrogens is 385 g/mol. The molecule has 0 fully saturated rings. The van der Waals surface area contributed by atoms with Gasteiger partial charge in [0.15, 0.2) is 0 Å². The first kappa shape index (κ1) is 21.3. The van der Waals surface area contributed by atoms with Gasteiger partial charge in [0.1, 0.15) is 17.7 Å². The number of hydrogen-bond acceptors (Lipinski definition) is 3. The number of amides is 1. The fraction of sp³-hybridized carbons (Fsp3) is 0.263. The van der Waals surface area contributed by atoms with Crippen molar-refractivity contribution in [2.45, 2.75) is 25.1 Å². The number of esters is 1. The van der Waals surface area contributed by atoms with Gasteiger partial charge in [-0.05, 0) is 23.3 Å². The molecule has 0 aliphatic heterocycles. The van der Waals surface area contributed by atoms with E-state index < -0.39 is 47.7 Å². The number of hydrogen-bond donors (Lipinski definition) is 1. The summed E-state index contributed by atoms with van der Waals surface area (Å²) in [6.45, 7) is 0. The van der Waals surface area contributed by atoms with Crippen LogP contribution >= 0.6 is 0 Å². The van der Waals surface area contributed by atoms with E-state index >= 15 is 0 Å². The molecule has 0 spiro atoms. The van der Waals surface area contributed by atoms with E-state index in [2.05, 4.69) is 10.1 Å². The normalized spacial score (nSPS) is 12.4. The predicted octanol–water partition coefficient (Wildman–Crippen LogP) is 3.43.